The normalized spacial score (nSPS) is 22.2. The monoisotopic (exact) mass is 273 g/mol. The van der Waals surface area contributed by atoms with E-state index in [9.17, 15) is 0 Å². The van der Waals surface area contributed by atoms with E-state index in [2.05, 4.69) is 13.0 Å². The molecule has 0 atom stereocenters. The topological polar surface area (TPSA) is 42.2 Å². The first-order chi connectivity index (χ1) is 9.78. The van der Waals surface area contributed by atoms with Gasteiger partial charge in [-0.3, -0.25) is 0 Å². The van der Waals surface area contributed by atoms with Gasteiger partial charge >= 0.3 is 0 Å². The van der Waals surface area contributed by atoms with Gasteiger partial charge in [0.1, 0.15) is 5.75 Å². The molecule has 0 bridgehead atoms. The van der Waals surface area contributed by atoms with Gasteiger partial charge in [0, 0.05) is 6.42 Å². The van der Waals surface area contributed by atoms with E-state index in [0.717, 1.165) is 24.7 Å². The standard InChI is InChI=1S/C17H23NO2/c1-14-6-8-16(9-7-14)19-10-3-11-20-17-5-2-4-15(12-17)13-18/h2,4-5,12,14,16H,3,6-11H2,1H3. The molecule has 1 aliphatic rings. The Morgan fingerprint density at radius 1 is 1.20 bits per heavy atom. The molecule has 0 radical (unpaired) electrons. The zero-order valence-corrected chi connectivity index (χ0v) is 12.2. The third-order valence-electron chi connectivity index (χ3n) is 3.84. The van der Waals surface area contributed by atoms with Gasteiger partial charge in [0.15, 0.2) is 0 Å². The summed E-state index contributed by atoms with van der Waals surface area (Å²) in [5.41, 5.74) is 0.634. The number of hydrogen-bond acceptors (Lipinski definition) is 3. The van der Waals surface area contributed by atoms with Crippen molar-refractivity contribution in [3.05, 3.63) is 29.8 Å². The Bertz CT molecular complexity index is 445. The van der Waals surface area contributed by atoms with Gasteiger partial charge in [-0.05, 0) is 49.8 Å². The Balaban J connectivity index is 1.58. The lowest BCUT2D eigenvalue weighted by molar-refractivity contribution is 0.0146. The highest BCUT2D eigenvalue weighted by Crippen LogP contribution is 2.25. The van der Waals surface area contributed by atoms with E-state index in [0.29, 0.717) is 18.3 Å². The van der Waals surface area contributed by atoms with Crippen molar-refractivity contribution < 1.29 is 9.47 Å². The van der Waals surface area contributed by atoms with Gasteiger partial charge in [0.25, 0.3) is 0 Å². The average Bonchev–Trinajstić information content (AvgIpc) is 2.49. The van der Waals surface area contributed by atoms with Crippen LogP contribution in [0.2, 0.25) is 0 Å². The Morgan fingerprint density at radius 3 is 2.75 bits per heavy atom. The summed E-state index contributed by atoms with van der Waals surface area (Å²) in [6.07, 6.45) is 6.33. The van der Waals surface area contributed by atoms with Crippen LogP contribution in [-0.2, 0) is 4.74 Å². The second-order valence-electron chi connectivity index (χ2n) is 5.59. The van der Waals surface area contributed by atoms with Gasteiger partial charge < -0.3 is 9.47 Å². The highest BCUT2D eigenvalue weighted by Gasteiger charge is 2.18. The minimum Gasteiger partial charge on any atom is -0.493 e. The first-order valence-electron chi connectivity index (χ1n) is 7.52. The zero-order chi connectivity index (χ0) is 14.2. The highest BCUT2D eigenvalue weighted by atomic mass is 16.5. The molecular weight excluding hydrogens is 250 g/mol. The molecule has 1 aromatic carbocycles. The van der Waals surface area contributed by atoms with Crippen LogP contribution < -0.4 is 4.74 Å². The fourth-order valence-electron chi connectivity index (χ4n) is 2.55. The number of hydrogen-bond donors (Lipinski definition) is 0. The SMILES string of the molecule is CC1CCC(OCCCOc2cccc(C#N)c2)CC1. The van der Waals surface area contributed by atoms with E-state index < -0.39 is 0 Å². The molecule has 0 aliphatic heterocycles. The first kappa shape index (κ1) is 14.9. The van der Waals surface area contributed by atoms with Gasteiger partial charge in [-0.25, -0.2) is 0 Å². The number of nitrogens with zero attached hydrogens (tertiary/aromatic N) is 1. The molecule has 0 aromatic heterocycles. The number of rotatable bonds is 6. The average molecular weight is 273 g/mol. The molecular formula is C17H23NO2. The smallest absolute Gasteiger partial charge is 0.120 e. The maximum atomic E-state index is 8.81. The van der Waals surface area contributed by atoms with Crippen LogP contribution in [0, 0.1) is 17.2 Å². The van der Waals surface area contributed by atoms with Crippen LogP contribution in [-0.4, -0.2) is 19.3 Å². The molecule has 2 rings (SSSR count). The molecule has 1 saturated carbocycles. The number of nitriles is 1. The molecule has 0 heterocycles. The lowest BCUT2D eigenvalue weighted by Gasteiger charge is -2.26. The summed E-state index contributed by atoms with van der Waals surface area (Å²) in [6, 6.07) is 9.38. The van der Waals surface area contributed by atoms with Crippen molar-refractivity contribution in [2.24, 2.45) is 5.92 Å². The second kappa shape index (κ2) is 7.91. The summed E-state index contributed by atoms with van der Waals surface area (Å²) in [7, 11) is 0. The second-order valence-corrected chi connectivity index (χ2v) is 5.59. The lowest BCUT2D eigenvalue weighted by Crippen LogP contribution is -2.21. The Labute approximate surface area is 121 Å². The molecule has 0 saturated heterocycles. The van der Waals surface area contributed by atoms with Crippen molar-refractivity contribution in [2.75, 3.05) is 13.2 Å². The van der Waals surface area contributed by atoms with Crippen LogP contribution in [0.5, 0.6) is 5.75 Å². The molecule has 20 heavy (non-hydrogen) atoms. The van der Waals surface area contributed by atoms with Crippen molar-refractivity contribution in [3.63, 3.8) is 0 Å². The largest absolute Gasteiger partial charge is 0.493 e. The fourth-order valence-corrected chi connectivity index (χ4v) is 2.55. The van der Waals surface area contributed by atoms with Crippen LogP contribution >= 0.6 is 0 Å². The van der Waals surface area contributed by atoms with Crippen molar-refractivity contribution in [1.29, 1.82) is 5.26 Å². The summed E-state index contributed by atoms with van der Waals surface area (Å²) in [5, 5.41) is 8.81. The third-order valence-corrected chi connectivity index (χ3v) is 3.84. The summed E-state index contributed by atoms with van der Waals surface area (Å²) in [6.45, 7) is 3.72. The highest BCUT2D eigenvalue weighted by molar-refractivity contribution is 5.36. The first-order valence-corrected chi connectivity index (χ1v) is 7.52. The van der Waals surface area contributed by atoms with Crippen LogP contribution in [0.25, 0.3) is 0 Å². The van der Waals surface area contributed by atoms with Gasteiger partial charge in [0.05, 0.1) is 31.0 Å². The maximum absolute atomic E-state index is 8.81. The minimum absolute atomic E-state index is 0.452. The van der Waals surface area contributed by atoms with Crippen LogP contribution in [0.3, 0.4) is 0 Å². The Morgan fingerprint density at radius 2 is 2.00 bits per heavy atom. The molecule has 0 unspecified atom stereocenters. The molecule has 1 aromatic rings. The van der Waals surface area contributed by atoms with Gasteiger partial charge in [-0.15, -0.1) is 0 Å². The van der Waals surface area contributed by atoms with E-state index in [-0.39, 0.29) is 0 Å². The quantitative estimate of drug-likeness (QED) is 0.738. The maximum Gasteiger partial charge on any atom is 0.120 e. The molecule has 3 heteroatoms. The molecule has 3 nitrogen and oxygen atoms in total. The predicted octanol–water partition coefficient (Wildman–Crippen LogP) is 3.92. The molecule has 1 fully saturated rings. The Hall–Kier alpha value is -1.53. The van der Waals surface area contributed by atoms with Crippen molar-refractivity contribution in [2.45, 2.75) is 45.1 Å². The van der Waals surface area contributed by atoms with E-state index >= 15 is 0 Å². The molecule has 0 N–H and O–H groups in total. The molecule has 0 spiro atoms. The van der Waals surface area contributed by atoms with E-state index in [1.165, 1.54) is 25.7 Å². The van der Waals surface area contributed by atoms with E-state index in [1.54, 1.807) is 12.1 Å². The summed E-state index contributed by atoms with van der Waals surface area (Å²) >= 11 is 0. The Kier molecular flexibility index (Phi) is 5.88. The van der Waals surface area contributed by atoms with E-state index in [4.69, 9.17) is 14.7 Å². The van der Waals surface area contributed by atoms with Gasteiger partial charge in [-0.1, -0.05) is 13.0 Å². The summed E-state index contributed by atoms with van der Waals surface area (Å²) in [4.78, 5) is 0. The van der Waals surface area contributed by atoms with Gasteiger partial charge in [0.2, 0.25) is 0 Å². The molecule has 0 amide bonds. The van der Waals surface area contributed by atoms with Crippen LogP contribution in [0.4, 0.5) is 0 Å². The molecule has 1 aliphatic carbocycles. The fraction of sp³-hybridized carbons (Fsp3) is 0.588. The lowest BCUT2D eigenvalue weighted by atomic mass is 9.89. The van der Waals surface area contributed by atoms with Crippen molar-refractivity contribution in [3.8, 4) is 11.8 Å². The predicted molar refractivity (Wildman–Crippen MR) is 78.6 cm³/mol. The number of benzene rings is 1. The summed E-state index contributed by atoms with van der Waals surface area (Å²) < 4.78 is 11.5. The summed E-state index contributed by atoms with van der Waals surface area (Å²) in [5.74, 6) is 1.63. The van der Waals surface area contributed by atoms with Crippen LogP contribution in [0.1, 0.15) is 44.6 Å². The third kappa shape index (κ3) is 4.86. The van der Waals surface area contributed by atoms with Crippen molar-refractivity contribution in [1.82, 2.24) is 0 Å². The zero-order valence-electron chi connectivity index (χ0n) is 12.2. The van der Waals surface area contributed by atoms with Crippen molar-refractivity contribution >= 4 is 0 Å². The van der Waals surface area contributed by atoms with Crippen LogP contribution in [0.15, 0.2) is 24.3 Å². The minimum atomic E-state index is 0.452. The van der Waals surface area contributed by atoms with Gasteiger partial charge in [-0.2, -0.15) is 5.26 Å². The van der Waals surface area contributed by atoms with E-state index in [1.807, 2.05) is 12.1 Å². The molecule has 108 valence electrons. The number of ether oxygens (including phenoxy) is 2.